The maximum atomic E-state index is 11.3. The first-order valence-electron chi connectivity index (χ1n) is 4.60. The van der Waals surface area contributed by atoms with Crippen molar-refractivity contribution in [1.29, 1.82) is 0 Å². The fraction of sp³-hybridized carbons (Fsp3) is 0.364. The van der Waals surface area contributed by atoms with E-state index in [0.29, 0.717) is 23.6 Å². The monoisotopic (exact) mass is 193 g/mol. The average Bonchev–Trinajstić information content (AvgIpc) is 2.09. The third-order valence-electron chi connectivity index (χ3n) is 1.96. The molecule has 0 atom stereocenters. The molecule has 0 radical (unpaired) electrons. The van der Waals surface area contributed by atoms with E-state index in [0.717, 1.165) is 5.56 Å². The zero-order valence-electron chi connectivity index (χ0n) is 8.76. The van der Waals surface area contributed by atoms with E-state index in [2.05, 4.69) is 0 Å². The molecule has 0 unspecified atom stereocenters. The number of aryl methyl sites for hydroxylation is 1. The number of carbonyl (C=O) groups excluding carboxylic acids is 1. The van der Waals surface area contributed by atoms with Gasteiger partial charge >= 0.3 is 0 Å². The van der Waals surface area contributed by atoms with Crippen LogP contribution in [0.5, 0.6) is 5.75 Å². The molecule has 0 saturated carbocycles. The Labute approximate surface area is 83.9 Å². The smallest absolute Gasteiger partial charge is 0.163 e. The number of hydrogen-bond donors (Lipinski definition) is 1. The summed E-state index contributed by atoms with van der Waals surface area (Å²) in [6.07, 6.45) is 0. The quantitative estimate of drug-likeness (QED) is 0.591. The Morgan fingerprint density at radius 1 is 1.50 bits per heavy atom. The molecule has 0 heterocycles. The Balaban J connectivity index is 3.28. The zero-order valence-corrected chi connectivity index (χ0v) is 8.76. The van der Waals surface area contributed by atoms with Gasteiger partial charge in [-0.3, -0.25) is 4.79 Å². The van der Waals surface area contributed by atoms with Crippen molar-refractivity contribution in [2.24, 2.45) is 0 Å². The lowest BCUT2D eigenvalue weighted by atomic mass is 10.1. The third-order valence-corrected chi connectivity index (χ3v) is 1.96. The molecule has 3 heteroatoms. The Morgan fingerprint density at radius 3 is 2.64 bits per heavy atom. The van der Waals surface area contributed by atoms with E-state index in [4.69, 9.17) is 10.5 Å². The Morgan fingerprint density at radius 2 is 2.14 bits per heavy atom. The number of benzene rings is 1. The number of carbonyl (C=O) groups is 1. The normalized spacial score (nSPS) is 9.93. The van der Waals surface area contributed by atoms with E-state index in [-0.39, 0.29) is 5.78 Å². The summed E-state index contributed by atoms with van der Waals surface area (Å²) < 4.78 is 5.41. The summed E-state index contributed by atoms with van der Waals surface area (Å²) in [6, 6.07) is 3.46. The van der Waals surface area contributed by atoms with Crippen LogP contribution < -0.4 is 10.5 Å². The summed E-state index contributed by atoms with van der Waals surface area (Å²) in [5.74, 6) is 0.623. The number of Topliss-reactive ketones (excluding diaryl/α,β-unsaturated/α-hetero) is 1. The number of nitrogens with two attached hydrogens (primary N) is 1. The molecule has 0 aromatic heterocycles. The molecule has 0 aliphatic carbocycles. The number of nitrogen functional groups attached to an aromatic ring is 1. The van der Waals surface area contributed by atoms with Gasteiger partial charge in [0.05, 0.1) is 12.2 Å². The van der Waals surface area contributed by atoms with E-state index in [9.17, 15) is 4.79 Å². The van der Waals surface area contributed by atoms with Crippen LogP contribution in [0.1, 0.15) is 29.8 Å². The lowest BCUT2D eigenvalue weighted by Crippen LogP contribution is -2.04. The summed E-state index contributed by atoms with van der Waals surface area (Å²) in [7, 11) is 0. The topological polar surface area (TPSA) is 52.3 Å². The second kappa shape index (κ2) is 4.13. The first-order valence-corrected chi connectivity index (χ1v) is 4.60. The van der Waals surface area contributed by atoms with Crippen LogP contribution in [0.2, 0.25) is 0 Å². The summed E-state index contributed by atoms with van der Waals surface area (Å²) in [4.78, 5) is 11.3. The lowest BCUT2D eigenvalue weighted by Gasteiger charge is -2.11. The number of hydrogen-bond acceptors (Lipinski definition) is 3. The molecule has 0 amide bonds. The molecule has 0 aliphatic heterocycles. The van der Waals surface area contributed by atoms with E-state index in [1.807, 2.05) is 13.8 Å². The van der Waals surface area contributed by atoms with E-state index in [1.54, 1.807) is 12.1 Å². The fourth-order valence-electron chi connectivity index (χ4n) is 1.40. The second-order valence-corrected chi connectivity index (χ2v) is 3.20. The molecule has 0 aliphatic rings. The number of ether oxygens (including phenoxy) is 1. The van der Waals surface area contributed by atoms with E-state index < -0.39 is 0 Å². The van der Waals surface area contributed by atoms with Crippen molar-refractivity contribution in [3.63, 3.8) is 0 Å². The maximum absolute atomic E-state index is 11.3. The SMILES string of the molecule is CCOc1c(C)cc(N)cc1C(C)=O. The van der Waals surface area contributed by atoms with Gasteiger partial charge in [0.2, 0.25) is 0 Å². The predicted molar refractivity (Wildman–Crippen MR) is 56.8 cm³/mol. The molecule has 1 rings (SSSR count). The third kappa shape index (κ3) is 2.05. The molecule has 1 aromatic carbocycles. The second-order valence-electron chi connectivity index (χ2n) is 3.20. The molecular weight excluding hydrogens is 178 g/mol. The van der Waals surface area contributed by atoms with Crippen molar-refractivity contribution in [3.8, 4) is 5.75 Å². The minimum absolute atomic E-state index is 0.0242. The van der Waals surface area contributed by atoms with Crippen LogP contribution in [0.25, 0.3) is 0 Å². The number of anilines is 1. The van der Waals surface area contributed by atoms with Crippen LogP contribution in [0.15, 0.2) is 12.1 Å². The van der Waals surface area contributed by atoms with Gasteiger partial charge in [-0.25, -0.2) is 0 Å². The lowest BCUT2D eigenvalue weighted by molar-refractivity contribution is 0.101. The predicted octanol–water partition coefficient (Wildman–Crippen LogP) is 2.18. The summed E-state index contributed by atoms with van der Waals surface area (Å²) in [5.41, 5.74) is 7.71. The highest BCUT2D eigenvalue weighted by atomic mass is 16.5. The van der Waals surface area contributed by atoms with Crippen molar-refractivity contribution in [2.75, 3.05) is 12.3 Å². The van der Waals surface area contributed by atoms with Gasteiger partial charge in [0.25, 0.3) is 0 Å². The number of ketones is 1. The fourth-order valence-corrected chi connectivity index (χ4v) is 1.40. The van der Waals surface area contributed by atoms with Gasteiger partial charge in [-0.15, -0.1) is 0 Å². The largest absolute Gasteiger partial charge is 0.493 e. The molecule has 3 nitrogen and oxygen atoms in total. The highest BCUT2D eigenvalue weighted by Crippen LogP contribution is 2.26. The average molecular weight is 193 g/mol. The van der Waals surface area contributed by atoms with Gasteiger partial charge in [0, 0.05) is 5.69 Å². The Bertz CT molecular complexity index is 359. The molecule has 0 saturated heterocycles. The maximum Gasteiger partial charge on any atom is 0.163 e. The first-order chi connectivity index (χ1) is 6.56. The zero-order chi connectivity index (χ0) is 10.7. The first kappa shape index (κ1) is 10.6. The van der Waals surface area contributed by atoms with Gasteiger partial charge in [0.1, 0.15) is 5.75 Å². The minimum Gasteiger partial charge on any atom is -0.493 e. The van der Waals surface area contributed by atoms with Crippen LogP contribution in [0, 0.1) is 6.92 Å². The van der Waals surface area contributed by atoms with Crippen LogP contribution >= 0.6 is 0 Å². The van der Waals surface area contributed by atoms with E-state index >= 15 is 0 Å². The van der Waals surface area contributed by atoms with Gasteiger partial charge in [-0.1, -0.05) is 0 Å². The Hall–Kier alpha value is -1.51. The molecule has 14 heavy (non-hydrogen) atoms. The van der Waals surface area contributed by atoms with Crippen molar-refractivity contribution < 1.29 is 9.53 Å². The molecule has 0 bridgehead atoms. The van der Waals surface area contributed by atoms with Crippen molar-refractivity contribution >= 4 is 11.5 Å². The molecule has 0 fully saturated rings. The highest BCUT2D eigenvalue weighted by Gasteiger charge is 2.11. The summed E-state index contributed by atoms with van der Waals surface area (Å²) >= 11 is 0. The van der Waals surface area contributed by atoms with Gasteiger partial charge in [-0.05, 0) is 38.5 Å². The standard InChI is InChI=1S/C11H15NO2/c1-4-14-11-7(2)5-9(12)6-10(11)8(3)13/h5-6H,4,12H2,1-3H3. The molecule has 0 spiro atoms. The van der Waals surface area contributed by atoms with Gasteiger partial charge in [-0.2, -0.15) is 0 Å². The summed E-state index contributed by atoms with van der Waals surface area (Å²) in [5, 5.41) is 0. The minimum atomic E-state index is -0.0242. The van der Waals surface area contributed by atoms with Crippen LogP contribution in [0.3, 0.4) is 0 Å². The molecular formula is C11H15NO2. The summed E-state index contributed by atoms with van der Waals surface area (Å²) in [6.45, 7) is 5.83. The molecule has 2 N–H and O–H groups in total. The van der Waals surface area contributed by atoms with Crippen LogP contribution in [0.4, 0.5) is 5.69 Å². The Kier molecular flexibility index (Phi) is 3.12. The van der Waals surface area contributed by atoms with Crippen LogP contribution in [-0.4, -0.2) is 12.4 Å². The highest BCUT2D eigenvalue weighted by molar-refractivity contribution is 5.98. The van der Waals surface area contributed by atoms with E-state index in [1.165, 1.54) is 6.92 Å². The molecule has 1 aromatic rings. The van der Waals surface area contributed by atoms with Crippen molar-refractivity contribution in [2.45, 2.75) is 20.8 Å². The van der Waals surface area contributed by atoms with Crippen molar-refractivity contribution in [1.82, 2.24) is 0 Å². The van der Waals surface area contributed by atoms with Crippen molar-refractivity contribution in [3.05, 3.63) is 23.3 Å². The number of rotatable bonds is 3. The van der Waals surface area contributed by atoms with Crippen LogP contribution in [-0.2, 0) is 0 Å². The molecule has 76 valence electrons. The van der Waals surface area contributed by atoms with Gasteiger partial charge in [0.15, 0.2) is 5.78 Å². The van der Waals surface area contributed by atoms with Gasteiger partial charge < -0.3 is 10.5 Å².